The highest BCUT2D eigenvalue weighted by Crippen LogP contribution is 2.26. The van der Waals surface area contributed by atoms with Crippen molar-refractivity contribution in [3.63, 3.8) is 0 Å². The van der Waals surface area contributed by atoms with Gasteiger partial charge in [0.2, 0.25) is 0 Å². The quantitative estimate of drug-likeness (QED) is 0.908. The van der Waals surface area contributed by atoms with Gasteiger partial charge in [0.15, 0.2) is 0 Å². The summed E-state index contributed by atoms with van der Waals surface area (Å²) < 4.78 is 5.83. The smallest absolute Gasteiger partial charge is 0.121 e. The Morgan fingerprint density at radius 3 is 2.50 bits per heavy atom. The summed E-state index contributed by atoms with van der Waals surface area (Å²) in [5.74, 6) is 0.731. The lowest BCUT2D eigenvalue weighted by atomic mass is 9.94. The third-order valence-electron chi connectivity index (χ3n) is 3.08. The molecule has 0 heterocycles. The van der Waals surface area contributed by atoms with Gasteiger partial charge in [-0.05, 0) is 37.8 Å². The van der Waals surface area contributed by atoms with Crippen molar-refractivity contribution in [2.75, 3.05) is 0 Å². The number of hydrogen-bond acceptors (Lipinski definition) is 3. The summed E-state index contributed by atoms with van der Waals surface area (Å²) in [5, 5.41) is 9.21. The molecule has 1 aliphatic carbocycles. The molecule has 2 rings (SSSR count). The molecule has 0 unspecified atom stereocenters. The van der Waals surface area contributed by atoms with E-state index in [1.165, 1.54) is 0 Å². The van der Waals surface area contributed by atoms with Gasteiger partial charge in [-0.1, -0.05) is 11.6 Å². The Bertz CT molecular complexity index is 437. The number of rotatable bonds is 2. The fourth-order valence-corrected chi connectivity index (χ4v) is 2.27. The van der Waals surface area contributed by atoms with E-state index in [2.05, 4.69) is 0 Å². The number of nitrogens with zero attached hydrogens (tertiary/aromatic N) is 1. The molecule has 1 aromatic carbocycles. The van der Waals surface area contributed by atoms with Crippen molar-refractivity contribution in [1.29, 1.82) is 5.26 Å². The van der Waals surface area contributed by atoms with Crippen LogP contribution in [-0.4, -0.2) is 12.1 Å². The van der Waals surface area contributed by atoms with Crippen LogP contribution >= 0.6 is 24.0 Å². The van der Waals surface area contributed by atoms with Gasteiger partial charge >= 0.3 is 0 Å². The first-order chi connectivity index (χ1) is 8.19. The van der Waals surface area contributed by atoms with Gasteiger partial charge in [-0.2, -0.15) is 5.26 Å². The first kappa shape index (κ1) is 15.1. The minimum Gasteiger partial charge on any atom is -0.490 e. The standard InChI is InChI=1S/C13H15ClN2O.ClH/c14-13-7-12(4-1-9(13)8-15)17-11-5-2-10(16)3-6-11;/h1,4,7,10-11H,2-3,5-6,16H2;1H/t10-,11-;. The summed E-state index contributed by atoms with van der Waals surface area (Å²) >= 11 is 5.95. The Labute approximate surface area is 118 Å². The first-order valence-electron chi connectivity index (χ1n) is 5.81. The molecule has 0 aromatic heterocycles. The largest absolute Gasteiger partial charge is 0.490 e. The molecule has 98 valence electrons. The van der Waals surface area contributed by atoms with Crippen molar-refractivity contribution in [2.45, 2.75) is 37.8 Å². The zero-order valence-electron chi connectivity index (χ0n) is 9.93. The van der Waals surface area contributed by atoms with Crippen LogP contribution in [0.5, 0.6) is 5.75 Å². The molecule has 3 nitrogen and oxygen atoms in total. The second-order valence-electron chi connectivity index (χ2n) is 4.41. The van der Waals surface area contributed by atoms with Crippen LogP contribution < -0.4 is 10.5 Å². The number of halogens is 2. The average Bonchev–Trinajstić information content (AvgIpc) is 2.32. The molecule has 0 amide bonds. The van der Waals surface area contributed by atoms with Crippen LogP contribution in [0.4, 0.5) is 0 Å². The van der Waals surface area contributed by atoms with Crippen LogP contribution in [0.25, 0.3) is 0 Å². The second-order valence-corrected chi connectivity index (χ2v) is 4.82. The summed E-state index contributed by atoms with van der Waals surface area (Å²) in [6.07, 6.45) is 4.21. The Kier molecular flexibility index (Phi) is 5.74. The fraction of sp³-hybridized carbons (Fsp3) is 0.462. The maximum atomic E-state index is 8.77. The molecule has 0 aliphatic heterocycles. The van der Waals surface area contributed by atoms with Gasteiger partial charge in [-0.3, -0.25) is 0 Å². The Hall–Kier alpha value is -0.950. The van der Waals surface area contributed by atoms with E-state index in [9.17, 15) is 0 Å². The third-order valence-corrected chi connectivity index (χ3v) is 3.40. The summed E-state index contributed by atoms with van der Waals surface area (Å²) in [5.41, 5.74) is 6.32. The fourth-order valence-electron chi connectivity index (χ4n) is 2.06. The Morgan fingerprint density at radius 1 is 1.28 bits per heavy atom. The van der Waals surface area contributed by atoms with Crippen LogP contribution in [0.15, 0.2) is 18.2 Å². The van der Waals surface area contributed by atoms with Crippen LogP contribution in [-0.2, 0) is 0 Å². The predicted molar refractivity (Wildman–Crippen MR) is 74.3 cm³/mol. The Morgan fingerprint density at radius 2 is 1.94 bits per heavy atom. The van der Waals surface area contributed by atoms with Crippen LogP contribution in [0, 0.1) is 11.3 Å². The number of benzene rings is 1. The highest BCUT2D eigenvalue weighted by Gasteiger charge is 2.19. The van der Waals surface area contributed by atoms with Crippen molar-refractivity contribution in [3.8, 4) is 11.8 Å². The summed E-state index contributed by atoms with van der Waals surface area (Å²) in [4.78, 5) is 0. The molecule has 0 bridgehead atoms. The highest BCUT2D eigenvalue weighted by atomic mass is 35.5. The molecule has 5 heteroatoms. The zero-order chi connectivity index (χ0) is 12.3. The highest BCUT2D eigenvalue weighted by molar-refractivity contribution is 6.31. The van der Waals surface area contributed by atoms with Crippen molar-refractivity contribution < 1.29 is 4.74 Å². The van der Waals surface area contributed by atoms with Crippen molar-refractivity contribution >= 4 is 24.0 Å². The van der Waals surface area contributed by atoms with Crippen LogP contribution in [0.2, 0.25) is 5.02 Å². The maximum absolute atomic E-state index is 8.77. The van der Waals surface area contributed by atoms with Gasteiger partial charge in [0.05, 0.1) is 16.7 Å². The van der Waals surface area contributed by atoms with E-state index < -0.39 is 0 Å². The van der Waals surface area contributed by atoms with Crippen LogP contribution in [0.3, 0.4) is 0 Å². The van der Waals surface area contributed by atoms with E-state index >= 15 is 0 Å². The summed E-state index contributed by atoms with van der Waals surface area (Å²) in [6.45, 7) is 0. The molecule has 0 atom stereocenters. The van der Waals surface area contributed by atoms with Gasteiger partial charge in [-0.15, -0.1) is 12.4 Å². The van der Waals surface area contributed by atoms with E-state index in [1.54, 1.807) is 18.2 Å². The molecular formula is C13H16Cl2N2O. The molecule has 0 spiro atoms. The van der Waals surface area contributed by atoms with Crippen molar-refractivity contribution in [3.05, 3.63) is 28.8 Å². The summed E-state index contributed by atoms with van der Waals surface area (Å²) in [7, 11) is 0. The van der Waals surface area contributed by atoms with E-state index in [4.69, 9.17) is 27.3 Å². The molecule has 2 N–H and O–H groups in total. The first-order valence-corrected chi connectivity index (χ1v) is 6.18. The van der Waals surface area contributed by atoms with E-state index in [0.29, 0.717) is 16.6 Å². The molecule has 0 saturated heterocycles. The molecule has 1 saturated carbocycles. The van der Waals surface area contributed by atoms with Gasteiger partial charge in [0.1, 0.15) is 11.8 Å². The van der Waals surface area contributed by atoms with Crippen molar-refractivity contribution in [2.24, 2.45) is 5.73 Å². The Balaban J connectivity index is 0.00000162. The minimum absolute atomic E-state index is 0. The van der Waals surface area contributed by atoms with Gasteiger partial charge < -0.3 is 10.5 Å². The van der Waals surface area contributed by atoms with E-state index in [0.717, 1.165) is 31.4 Å². The molecule has 0 radical (unpaired) electrons. The molecule has 1 aliphatic rings. The lowest BCUT2D eigenvalue weighted by molar-refractivity contribution is 0.147. The molecule has 1 fully saturated rings. The third kappa shape index (κ3) is 3.78. The van der Waals surface area contributed by atoms with E-state index in [-0.39, 0.29) is 18.5 Å². The summed E-state index contributed by atoms with van der Waals surface area (Å²) in [6, 6.07) is 7.53. The monoisotopic (exact) mass is 286 g/mol. The normalized spacial score (nSPS) is 22.7. The van der Waals surface area contributed by atoms with Crippen LogP contribution in [0.1, 0.15) is 31.2 Å². The average molecular weight is 287 g/mol. The predicted octanol–water partition coefficient (Wildman–Crippen LogP) is 3.28. The number of nitriles is 1. The molecular weight excluding hydrogens is 271 g/mol. The lowest BCUT2D eigenvalue weighted by Gasteiger charge is -2.26. The number of nitrogens with two attached hydrogens (primary N) is 1. The zero-order valence-corrected chi connectivity index (χ0v) is 11.5. The SMILES string of the molecule is Cl.N#Cc1ccc(O[C@H]2CC[C@H](N)CC2)cc1Cl. The van der Waals surface area contributed by atoms with Crippen molar-refractivity contribution in [1.82, 2.24) is 0 Å². The minimum atomic E-state index is 0. The number of ether oxygens (including phenoxy) is 1. The maximum Gasteiger partial charge on any atom is 0.121 e. The number of hydrogen-bond donors (Lipinski definition) is 1. The second kappa shape index (κ2) is 6.84. The van der Waals surface area contributed by atoms with Gasteiger partial charge in [0.25, 0.3) is 0 Å². The molecule has 18 heavy (non-hydrogen) atoms. The molecule has 1 aromatic rings. The topological polar surface area (TPSA) is 59.0 Å². The lowest BCUT2D eigenvalue weighted by Crippen LogP contribution is -2.31. The van der Waals surface area contributed by atoms with Gasteiger partial charge in [0, 0.05) is 12.1 Å². The van der Waals surface area contributed by atoms with E-state index in [1.807, 2.05) is 6.07 Å². The van der Waals surface area contributed by atoms with Gasteiger partial charge in [-0.25, -0.2) is 0 Å².